The summed E-state index contributed by atoms with van der Waals surface area (Å²) in [7, 11) is 0. The van der Waals surface area contributed by atoms with E-state index in [0.717, 1.165) is 11.4 Å². The van der Waals surface area contributed by atoms with E-state index in [4.69, 9.17) is 0 Å². The molecule has 2 rings (SSSR count). The molecule has 1 unspecified atom stereocenters. The summed E-state index contributed by atoms with van der Waals surface area (Å²) in [5.74, 6) is -0.768. The summed E-state index contributed by atoms with van der Waals surface area (Å²) in [5, 5.41) is 7.34. The topological polar surface area (TPSA) is 101 Å². The third kappa shape index (κ3) is 7.21. The van der Waals surface area contributed by atoms with Crippen LogP contribution in [0.1, 0.15) is 43.5 Å². The van der Waals surface area contributed by atoms with Gasteiger partial charge in [-0.3, -0.25) is 19.6 Å². The number of carbonyl (C=O) groups is 3. The highest BCUT2D eigenvalue weighted by atomic mass is 79.9. The van der Waals surface area contributed by atoms with Crippen molar-refractivity contribution in [1.82, 2.24) is 20.6 Å². The summed E-state index contributed by atoms with van der Waals surface area (Å²) in [4.78, 5) is 45.3. The molecule has 0 aliphatic carbocycles. The monoisotopic (exact) mass is 666 g/mol. The van der Waals surface area contributed by atoms with Gasteiger partial charge >= 0.3 is 0 Å². The first kappa shape index (κ1) is 25.1. The summed E-state index contributed by atoms with van der Waals surface area (Å²) in [6, 6.07) is 5.77. The zero-order valence-electron chi connectivity index (χ0n) is 15.6. The fourth-order valence-electron chi connectivity index (χ4n) is 2.52. The second-order valence-corrected chi connectivity index (χ2v) is 8.38. The Balaban J connectivity index is 2.05. The number of halogens is 4. The van der Waals surface area contributed by atoms with Crippen molar-refractivity contribution in [3.05, 3.63) is 58.2 Å². The molecule has 0 aromatic carbocycles. The van der Waals surface area contributed by atoms with Gasteiger partial charge in [0.2, 0.25) is 0 Å². The normalized spacial score (nSPS) is 11.6. The summed E-state index contributed by atoms with van der Waals surface area (Å²) in [6.45, 7) is -0.0363. The molecule has 2 aromatic heterocycles. The van der Waals surface area contributed by atoms with Crippen molar-refractivity contribution in [2.75, 3.05) is 6.54 Å². The Morgan fingerprint density at radius 2 is 1.20 bits per heavy atom. The van der Waals surface area contributed by atoms with Gasteiger partial charge < -0.3 is 15.4 Å². The first-order chi connectivity index (χ1) is 14.4. The number of pyridine rings is 2. The van der Waals surface area contributed by atoms with Crippen LogP contribution in [0.25, 0.3) is 0 Å². The van der Waals surface area contributed by atoms with Crippen LogP contribution in [0.2, 0.25) is 0 Å². The number of amides is 2. The second kappa shape index (κ2) is 12.6. The maximum Gasteiger partial charge on any atom is 0.252 e. The average Bonchev–Trinajstić information content (AvgIpc) is 2.80. The van der Waals surface area contributed by atoms with Crippen LogP contribution in [-0.2, 0) is 26.1 Å². The third-order valence-electron chi connectivity index (χ3n) is 3.90. The molecule has 160 valence electrons. The van der Waals surface area contributed by atoms with Gasteiger partial charge in [-0.15, -0.1) is 0 Å². The molecule has 2 aromatic rings. The fraction of sp³-hybridized carbons (Fsp3) is 0.316. The van der Waals surface area contributed by atoms with Crippen molar-refractivity contribution in [2.24, 2.45) is 0 Å². The molecule has 0 bridgehead atoms. The Morgan fingerprint density at radius 3 is 1.57 bits per heavy atom. The number of nitrogens with zero attached hydrogens (tertiary/aromatic N) is 2. The maximum atomic E-state index is 12.6. The molecule has 0 spiro atoms. The van der Waals surface area contributed by atoms with E-state index in [9.17, 15) is 14.4 Å². The number of aldehydes is 1. The van der Waals surface area contributed by atoms with Gasteiger partial charge in [-0.2, -0.15) is 0 Å². The highest BCUT2D eigenvalue weighted by Gasteiger charge is 2.17. The predicted octanol–water partition coefficient (Wildman–Crippen LogP) is 3.78. The van der Waals surface area contributed by atoms with Gasteiger partial charge in [0, 0.05) is 39.0 Å². The first-order valence-electron chi connectivity index (χ1n) is 8.71. The van der Waals surface area contributed by atoms with Crippen LogP contribution in [0.3, 0.4) is 0 Å². The van der Waals surface area contributed by atoms with Gasteiger partial charge in [-0.25, -0.2) is 0 Å². The number of hydrogen-bond acceptors (Lipinski definition) is 5. The van der Waals surface area contributed by atoms with E-state index in [-0.39, 0.29) is 12.5 Å². The summed E-state index contributed by atoms with van der Waals surface area (Å²) in [5.41, 5.74) is 3.68. The third-order valence-corrected chi connectivity index (χ3v) is 6.20. The lowest BCUT2D eigenvalue weighted by molar-refractivity contribution is -0.109. The lowest BCUT2D eigenvalue weighted by Crippen LogP contribution is -2.44. The smallest absolute Gasteiger partial charge is 0.252 e. The van der Waals surface area contributed by atoms with Crippen LogP contribution in [0.4, 0.5) is 0 Å². The lowest BCUT2D eigenvalue weighted by Gasteiger charge is -2.15. The van der Waals surface area contributed by atoms with Crippen LogP contribution in [0, 0.1) is 0 Å². The maximum absolute atomic E-state index is 12.6. The molecule has 2 heterocycles. The van der Waals surface area contributed by atoms with Crippen LogP contribution in [0.5, 0.6) is 0 Å². The highest BCUT2D eigenvalue weighted by molar-refractivity contribution is 9.09. The van der Waals surface area contributed by atoms with E-state index in [2.05, 4.69) is 84.3 Å². The van der Waals surface area contributed by atoms with Gasteiger partial charge in [0.05, 0.1) is 22.8 Å². The zero-order valence-corrected chi connectivity index (χ0v) is 22.0. The van der Waals surface area contributed by atoms with Gasteiger partial charge in [0.15, 0.2) is 0 Å². The number of nitrogens with one attached hydrogen (secondary N) is 2. The minimum atomic E-state index is -0.873. The number of hydrogen-bond donors (Lipinski definition) is 2. The molecular formula is C19H18Br4N4O3. The van der Waals surface area contributed by atoms with E-state index in [1.165, 1.54) is 0 Å². The molecule has 0 saturated carbocycles. The molecule has 0 fully saturated rings. The van der Waals surface area contributed by atoms with E-state index in [1.807, 2.05) is 0 Å². The SMILES string of the molecule is O=CC(CNC(=O)c1cc(CBr)nc(CBr)c1)NC(=O)c1cc(CBr)nc(CBr)c1. The summed E-state index contributed by atoms with van der Waals surface area (Å²) in [6.07, 6.45) is 0.594. The molecular weight excluding hydrogens is 652 g/mol. The molecule has 7 nitrogen and oxygen atoms in total. The first-order valence-corrected chi connectivity index (χ1v) is 13.2. The van der Waals surface area contributed by atoms with E-state index < -0.39 is 11.9 Å². The van der Waals surface area contributed by atoms with Gasteiger partial charge in [0.25, 0.3) is 11.8 Å². The molecule has 0 radical (unpaired) electrons. The van der Waals surface area contributed by atoms with Crippen molar-refractivity contribution in [3.8, 4) is 0 Å². The minimum Gasteiger partial charge on any atom is -0.350 e. The Labute approximate surface area is 207 Å². The van der Waals surface area contributed by atoms with Crippen molar-refractivity contribution >= 4 is 81.8 Å². The number of carbonyl (C=O) groups excluding carboxylic acids is 3. The van der Waals surface area contributed by atoms with E-state index >= 15 is 0 Å². The predicted molar refractivity (Wildman–Crippen MR) is 129 cm³/mol. The molecule has 1 atom stereocenters. The molecule has 0 aliphatic heterocycles. The molecule has 2 amide bonds. The lowest BCUT2D eigenvalue weighted by atomic mass is 10.1. The summed E-state index contributed by atoms with van der Waals surface area (Å²) < 4.78 is 0. The quantitative estimate of drug-likeness (QED) is 0.296. The van der Waals surface area contributed by atoms with Crippen LogP contribution in [-0.4, -0.2) is 40.7 Å². The van der Waals surface area contributed by atoms with Crippen LogP contribution in [0.15, 0.2) is 24.3 Å². The molecule has 11 heteroatoms. The Bertz CT molecular complexity index is 882. The molecule has 0 saturated heterocycles. The Kier molecular flexibility index (Phi) is 10.6. The summed E-state index contributed by atoms with van der Waals surface area (Å²) >= 11 is 13.3. The van der Waals surface area contributed by atoms with Crippen molar-refractivity contribution in [2.45, 2.75) is 27.4 Å². The van der Waals surface area contributed by atoms with E-state index in [0.29, 0.717) is 50.1 Å². The average molecular weight is 670 g/mol. The molecule has 2 N–H and O–H groups in total. The highest BCUT2D eigenvalue weighted by Crippen LogP contribution is 2.13. The van der Waals surface area contributed by atoms with Gasteiger partial charge in [-0.05, 0) is 24.3 Å². The van der Waals surface area contributed by atoms with Crippen LogP contribution < -0.4 is 10.6 Å². The largest absolute Gasteiger partial charge is 0.350 e. The van der Waals surface area contributed by atoms with E-state index in [1.54, 1.807) is 24.3 Å². The molecule has 30 heavy (non-hydrogen) atoms. The van der Waals surface area contributed by atoms with Gasteiger partial charge in [-0.1, -0.05) is 63.7 Å². The van der Waals surface area contributed by atoms with Crippen molar-refractivity contribution < 1.29 is 14.4 Å². The fourth-order valence-corrected chi connectivity index (χ4v) is 3.67. The number of alkyl halides is 4. The Morgan fingerprint density at radius 1 is 0.800 bits per heavy atom. The van der Waals surface area contributed by atoms with Gasteiger partial charge in [0.1, 0.15) is 12.3 Å². The molecule has 0 aliphatic rings. The zero-order chi connectivity index (χ0) is 22.1. The number of rotatable bonds is 10. The number of aromatic nitrogens is 2. The standard InChI is InChI=1S/C19H18Br4N4O3/c20-5-13-1-11(2-14(6-21)25-13)18(29)24-9-17(10-28)27-19(30)12-3-15(7-22)26-16(4-12)8-23/h1-4,10,17H,5-9H2,(H,24,29)(H,27,30). The minimum absolute atomic E-state index is 0.0363. The van der Waals surface area contributed by atoms with Crippen LogP contribution >= 0.6 is 63.7 Å². The Hall–Kier alpha value is -1.17. The van der Waals surface area contributed by atoms with Crippen molar-refractivity contribution in [1.29, 1.82) is 0 Å². The van der Waals surface area contributed by atoms with Crippen molar-refractivity contribution in [3.63, 3.8) is 0 Å². The second-order valence-electron chi connectivity index (χ2n) is 6.14.